The van der Waals surface area contributed by atoms with Crippen LogP contribution in [0.5, 0.6) is 5.88 Å². The van der Waals surface area contributed by atoms with E-state index in [1.807, 2.05) is 19.9 Å². The molecule has 2 aliphatic heterocycles. The lowest BCUT2D eigenvalue weighted by Gasteiger charge is -2.36. The van der Waals surface area contributed by atoms with E-state index in [2.05, 4.69) is 14.9 Å². The van der Waals surface area contributed by atoms with Crippen molar-refractivity contribution in [1.29, 1.82) is 5.41 Å². The molecular weight excluding hydrogens is 438 g/mol. The van der Waals surface area contributed by atoms with Gasteiger partial charge >= 0.3 is 6.09 Å². The maximum absolute atomic E-state index is 12.6. The van der Waals surface area contributed by atoms with Crippen molar-refractivity contribution in [2.24, 2.45) is 0 Å². The smallest absolute Gasteiger partial charge is 0.410 e. The number of nitrogen functional groups attached to an aromatic ring is 1. The van der Waals surface area contributed by atoms with Gasteiger partial charge in [-0.2, -0.15) is 0 Å². The maximum Gasteiger partial charge on any atom is 0.410 e. The first-order valence-electron chi connectivity index (χ1n) is 11.2. The molecule has 3 N–H and O–H groups in total. The molecule has 4 heterocycles. The third-order valence-corrected chi connectivity index (χ3v) is 5.70. The van der Waals surface area contributed by atoms with E-state index >= 15 is 0 Å². The fraction of sp³-hybridized carbons (Fsp3) is 0.435. The highest BCUT2D eigenvalue weighted by atomic mass is 16.6. The van der Waals surface area contributed by atoms with Crippen LogP contribution < -0.4 is 15.4 Å². The number of anilines is 2. The van der Waals surface area contributed by atoms with Crippen LogP contribution in [0.25, 0.3) is 0 Å². The molecule has 0 aliphatic carbocycles. The molecule has 2 amide bonds. The number of nitrogens with one attached hydrogen (secondary N) is 1. The molecule has 0 aromatic carbocycles. The molecule has 2 aromatic rings. The molecular formula is C23H29N7O4. The lowest BCUT2D eigenvalue weighted by molar-refractivity contribution is -0.132. The molecule has 0 radical (unpaired) electrons. The van der Waals surface area contributed by atoms with Gasteiger partial charge in [0.25, 0.3) is 0 Å². The fourth-order valence-electron chi connectivity index (χ4n) is 3.89. The Bertz CT molecular complexity index is 1080. The molecule has 11 heteroatoms. The predicted molar refractivity (Wildman–Crippen MR) is 126 cm³/mol. The molecule has 2 fully saturated rings. The maximum atomic E-state index is 12.6. The van der Waals surface area contributed by atoms with Gasteiger partial charge in [-0.15, -0.1) is 0 Å². The van der Waals surface area contributed by atoms with Gasteiger partial charge < -0.3 is 25.0 Å². The highest BCUT2D eigenvalue weighted by Gasteiger charge is 2.28. The molecule has 0 unspecified atom stereocenters. The first-order valence-corrected chi connectivity index (χ1v) is 11.2. The van der Waals surface area contributed by atoms with E-state index in [0.29, 0.717) is 62.0 Å². The summed E-state index contributed by atoms with van der Waals surface area (Å²) in [6.45, 7) is 6.88. The van der Waals surface area contributed by atoms with Gasteiger partial charge in [-0.3, -0.25) is 15.1 Å². The van der Waals surface area contributed by atoms with Gasteiger partial charge in [-0.25, -0.2) is 14.8 Å². The summed E-state index contributed by atoms with van der Waals surface area (Å²) >= 11 is 0. The van der Waals surface area contributed by atoms with Gasteiger partial charge in [0.15, 0.2) is 0 Å². The van der Waals surface area contributed by atoms with Gasteiger partial charge in [-0.05, 0) is 26.0 Å². The molecule has 2 aliphatic rings. The summed E-state index contributed by atoms with van der Waals surface area (Å²) < 4.78 is 10.5. The second kappa shape index (κ2) is 9.94. The van der Waals surface area contributed by atoms with Crippen molar-refractivity contribution in [3.8, 4) is 5.88 Å². The number of hydrogen-bond donors (Lipinski definition) is 2. The minimum atomic E-state index is -0.437. The van der Waals surface area contributed by atoms with Gasteiger partial charge in [0, 0.05) is 49.6 Å². The van der Waals surface area contributed by atoms with Crippen molar-refractivity contribution in [2.45, 2.75) is 20.0 Å². The number of aromatic nitrogens is 2. The van der Waals surface area contributed by atoms with Crippen LogP contribution in [-0.4, -0.2) is 89.5 Å². The predicted octanol–water partition coefficient (Wildman–Crippen LogP) is 1.36. The largest absolute Gasteiger partial charge is 0.475 e. The number of nitrogens with two attached hydrogens (primary N) is 1. The number of carbonyl (C=O) groups is 2. The van der Waals surface area contributed by atoms with Crippen LogP contribution in [-0.2, 0) is 9.53 Å². The van der Waals surface area contributed by atoms with Crippen molar-refractivity contribution in [3.63, 3.8) is 0 Å². The topological polar surface area (TPSA) is 138 Å². The van der Waals surface area contributed by atoms with Crippen LogP contribution in [0, 0.1) is 5.41 Å². The molecule has 180 valence electrons. The van der Waals surface area contributed by atoms with E-state index in [1.165, 1.54) is 11.1 Å². The second-order valence-corrected chi connectivity index (χ2v) is 8.46. The average Bonchev–Trinajstić information content (AvgIpc) is 3.24. The van der Waals surface area contributed by atoms with E-state index < -0.39 is 6.09 Å². The summed E-state index contributed by atoms with van der Waals surface area (Å²) in [5.74, 6) is 1.06. The normalized spacial score (nSPS) is 16.1. The van der Waals surface area contributed by atoms with Crippen molar-refractivity contribution in [2.75, 3.05) is 56.5 Å². The summed E-state index contributed by atoms with van der Waals surface area (Å²) in [5.41, 5.74) is 7.96. The molecule has 2 aromatic heterocycles. The number of piperazine rings is 1. The van der Waals surface area contributed by atoms with Gasteiger partial charge in [0.05, 0.1) is 30.2 Å². The number of carbonyl (C=O) groups excluding carboxylic acids is 2. The van der Waals surface area contributed by atoms with Gasteiger partial charge in [0.1, 0.15) is 19.0 Å². The van der Waals surface area contributed by atoms with E-state index in [1.54, 1.807) is 23.2 Å². The van der Waals surface area contributed by atoms with Crippen LogP contribution in [0.15, 0.2) is 30.6 Å². The standard InChI is InChI=1S/C23H29N7O4/c1-15(2)34-20-12-17(18(24)13-27-20)22(25)16-3-4-26-19(11-16)28-5-7-29(8-6-28)21(31)14-30-9-10-33-23(30)32/h3-4,11-13,15,25H,5-10,14,24H2,1-2H3. The van der Waals surface area contributed by atoms with Crippen molar-refractivity contribution in [1.82, 2.24) is 19.8 Å². The van der Waals surface area contributed by atoms with E-state index in [-0.39, 0.29) is 24.3 Å². The number of amides is 2. The van der Waals surface area contributed by atoms with Crippen molar-refractivity contribution >= 4 is 29.2 Å². The van der Waals surface area contributed by atoms with Crippen LogP contribution in [0.2, 0.25) is 0 Å². The monoisotopic (exact) mass is 467 g/mol. The van der Waals surface area contributed by atoms with Gasteiger partial charge in [0.2, 0.25) is 11.8 Å². The molecule has 4 rings (SSSR count). The number of rotatable bonds is 7. The van der Waals surface area contributed by atoms with Gasteiger partial charge in [-0.1, -0.05) is 0 Å². The molecule has 34 heavy (non-hydrogen) atoms. The Labute approximate surface area is 198 Å². The van der Waals surface area contributed by atoms with Crippen molar-refractivity contribution in [3.05, 3.63) is 41.7 Å². The molecule has 0 spiro atoms. The third-order valence-electron chi connectivity index (χ3n) is 5.70. The number of ether oxygens (including phenoxy) is 2. The summed E-state index contributed by atoms with van der Waals surface area (Å²) in [5, 5.41) is 8.71. The fourth-order valence-corrected chi connectivity index (χ4v) is 3.89. The summed E-state index contributed by atoms with van der Waals surface area (Å²) in [6.07, 6.45) is 2.69. The Morgan fingerprint density at radius 1 is 1.21 bits per heavy atom. The zero-order chi connectivity index (χ0) is 24.2. The van der Waals surface area contributed by atoms with Crippen LogP contribution in [0.4, 0.5) is 16.3 Å². The average molecular weight is 468 g/mol. The second-order valence-electron chi connectivity index (χ2n) is 8.46. The Morgan fingerprint density at radius 2 is 1.97 bits per heavy atom. The quantitative estimate of drug-likeness (QED) is 0.582. The summed E-state index contributed by atoms with van der Waals surface area (Å²) in [6, 6.07) is 5.30. The Kier molecular flexibility index (Phi) is 6.80. The Balaban J connectivity index is 1.41. The Morgan fingerprint density at radius 3 is 2.65 bits per heavy atom. The lowest BCUT2D eigenvalue weighted by atomic mass is 10.0. The van der Waals surface area contributed by atoms with E-state index in [4.69, 9.17) is 20.6 Å². The highest BCUT2D eigenvalue weighted by Crippen LogP contribution is 2.23. The first kappa shape index (κ1) is 23.3. The number of cyclic esters (lactones) is 1. The van der Waals surface area contributed by atoms with Crippen LogP contribution >= 0.6 is 0 Å². The third kappa shape index (κ3) is 5.19. The molecule has 11 nitrogen and oxygen atoms in total. The van der Waals surface area contributed by atoms with Crippen LogP contribution in [0.3, 0.4) is 0 Å². The zero-order valence-corrected chi connectivity index (χ0v) is 19.4. The van der Waals surface area contributed by atoms with E-state index in [9.17, 15) is 9.59 Å². The molecule has 0 atom stereocenters. The first-order chi connectivity index (χ1) is 16.3. The number of nitrogens with zero attached hydrogens (tertiary/aromatic N) is 5. The van der Waals surface area contributed by atoms with E-state index in [0.717, 1.165) is 5.82 Å². The Hall–Kier alpha value is -3.89. The minimum absolute atomic E-state index is 0.0413. The molecule has 0 saturated carbocycles. The minimum Gasteiger partial charge on any atom is -0.475 e. The summed E-state index contributed by atoms with van der Waals surface area (Å²) in [7, 11) is 0. The highest BCUT2D eigenvalue weighted by molar-refractivity contribution is 6.14. The number of hydrogen-bond acceptors (Lipinski definition) is 9. The van der Waals surface area contributed by atoms with Crippen molar-refractivity contribution < 1.29 is 19.1 Å². The summed E-state index contributed by atoms with van der Waals surface area (Å²) in [4.78, 5) is 38.0. The molecule has 0 bridgehead atoms. The zero-order valence-electron chi connectivity index (χ0n) is 19.4. The lowest BCUT2D eigenvalue weighted by Crippen LogP contribution is -2.51. The molecule has 2 saturated heterocycles. The SMILES string of the molecule is CC(C)Oc1cc(C(=N)c2ccnc(N3CCN(C(=O)CN4CCOC4=O)CC3)c2)c(N)cn1. The number of pyridine rings is 2. The van der Waals surface area contributed by atoms with Crippen LogP contribution in [0.1, 0.15) is 25.0 Å².